The Morgan fingerprint density at radius 1 is 0.567 bits per heavy atom. The van der Waals surface area contributed by atoms with Gasteiger partial charge in [0.2, 0.25) is 0 Å². The van der Waals surface area contributed by atoms with Crippen molar-refractivity contribution in [1.82, 2.24) is 0 Å². The van der Waals surface area contributed by atoms with Crippen LogP contribution in [-0.4, -0.2) is 0 Å². The lowest BCUT2D eigenvalue weighted by molar-refractivity contribution is 0.332. The number of benzene rings is 6. The lowest BCUT2D eigenvalue weighted by Gasteiger charge is -2.45. The fourth-order valence-corrected chi connectivity index (χ4v) is 11.4. The molecule has 2 aliphatic carbocycles. The molecule has 0 bridgehead atoms. The van der Waals surface area contributed by atoms with Crippen molar-refractivity contribution >= 4 is 28.0 Å². The second-order valence-corrected chi connectivity index (χ2v) is 21.9. The molecule has 0 N–H and O–H groups in total. The molecule has 7 aromatic rings. The van der Waals surface area contributed by atoms with E-state index in [0.717, 1.165) is 5.58 Å². The zero-order valence-corrected chi connectivity index (χ0v) is 37.9. The van der Waals surface area contributed by atoms with Gasteiger partial charge in [-0.15, -0.1) is 0 Å². The van der Waals surface area contributed by atoms with Gasteiger partial charge in [-0.1, -0.05) is 154 Å². The molecule has 0 saturated carbocycles. The van der Waals surface area contributed by atoms with Crippen molar-refractivity contribution in [3.05, 3.63) is 183 Å². The lowest BCUT2D eigenvalue weighted by atomic mass is 9.63. The van der Waals surface area contributed by atoms with Crippen molar-refractivity contribution in [3.63, 3.8) is 0 Å². The molecule has 304 valence electrons. The van der Waals surface area contributed by atoms with Gasteiger partial charge in [0.15, 0.2) is 0 Å². The average Bonchev–Trinajstić information content (AvgIpc) is 3.73. The minimum absolute atomic E-state index is 0.0255. The Bertz CT molecular complexity index is 2850. The molecule has 0 spiro atoms. The molecule has 0 amide bonds. The summed E-state index contributed by atoms with van der Waals surface area (Å²) in [4.78, 5) is 2.63. The Balaban J connectivity index is 1.30. The smallest absolute Gasteiger partial charge is 0.134 e. The Morgan fingerprint density at radius 3 is 1.92 bits per heavy atom. The maximum atomic E-state index is 6.42. The van der Waals surface area contributed by atoms with E-state index in [4.69, 9.17) is 4.42 Å². The van der Waals surface area contributed by atoms with Gasteiger partial charge >= 0.3 is 0 Å². The molecule has 2 unspecified atom stereocenters. The summed E-state index contributed by atoms with van der Waals surface area (Å²) < 4.78 is 6.42. The highest BCUT2D eigenvalue weighted by atomic mass is 16.3. The van der Waals surface area contributed by atoms with E-state index in [0.29, 0.717) is 0 Å². The molecule has 0 saturated heterocycles. The van der Waals surface area contributed by atoms with Crippen LogP contribution in [0, 0.1) is 6.92 Å². The topological polar surface area (TPSA) is 16.4 Å². The molecule has 1 aliphatic heterocycles. The van der Waals surface area contributed by atoms with E-state index >= 15 is 0 Å². The van der Waals surface area contributed by atoms with Crippen LogP contribution < -0.4 is 4.90 Å². The third kappa shape index (κ3) is 5.65. The minimum atomic E-state index is -0.324. The van der Waals surface area contributed by atoms with Crippen LogP contribution in [0.15, 0.2) is 126 Å². The van der Waals surface area contributed by atoms with Crippen LogP contribution in [0.5, 0.6) is 0 Å². The van der Waals surface area contributed by atoms with Crippen molar-refractivity contribution in [1.29, 1.82) is 0 Å². The molecule has 2 heteroatoms. The molecule has 10 rings (SSSR count). The van der Waals surface area contributed by atoms with Crippen molar-refractivity contribution in [2.24, 2.45) is 0 Å². The number of hydrogen-bond donors (Lipinski definition) is 0. The minimum Gasteiger partial charge on any atom is -0.464 e. The largest absolute Gasteiger partial charge is 0.464 e. The first-order chi connectivity index (χ1) is 28.3. The highest BCUT2D eigenvalue weighted by Crippen LogP contribution is 2.64. The predicted octanol–water partition coefficient (Wildman–Crippen LogP) is 16.0. The first-order valence-electron chi connectivity index (χ1n) is 22.2. The summed E-state index contributed by atoms with van der Waals surface area (Å²) in [5, 5.41) is 1.17. The summed E-state index contributed by atoms with van der Waals surface area (Å²) >= 11 is 0. The third-order valence-corrected chi connectivity index (χ3v) is 14.9. The standard InChI is InChI=1S/C58H61NO/c1-35-28-36(51(44-34-60-50-23-16-14-19-42(44)50)37-29-38(54(2,3)4)32-39(30-37)55(5,6)7)31-49-52(35)58(12)45-21-15-13-18-41(45)43-20-17-22-48(53(43)58)59(49)40-24-25-46-47(33-40)57(10,11)27-26-56(46,8)9/h13-25,28-34,51H,26-27H2,1-12H3. The number of furan rings is 1. The van der Waals surface area contributed by atoms with Crippen LogP contribution in [0.3, 0.4) is 0 Å². The first-order valence-corrected chi connectivity index (χ1v) is 22.2. The fourth-order valence-electron chi connectivity index (χ4n) is 11.4. The van der Waals surface area contributed by atoms with Crippen molar-refractivity contribution in [2.75, 3.05) is 4.90 Å². The van der Waals surface area contributed by atoms with Gasteiger partial charge in [0.1, 0.15) is 5.58 Å². The van der Waals surface area contributed by atoms with Gasteiger partial charge in [0.05, 0.1) is 17.6 Å². The average molecular weight is 788 g/mol. The van der Waals surface area contributed by atoms with Gasteiger partial charge in [-0.3, -0.25) is 0 Å². The highest BCUT2D eigenvalue weighted by Gasteiger charge is 2.50. The maximum absolute atomic E-state index is 6.42. The van der Waals surface area contributed by atoms with Gasteiger partial charge < -0.3 is 9.32 Å². The molecule has 0 radical (unpaired) electrons. The lowest BCUT2D eigenvalue weighted by Crippen LogP contribution is -2.35. The number of aryl methyl sites for hydroxylation is 1. The molecular weight excluding hydrogens is 727 g/mol. The molecular formula is C58H61NO. The van der Waals surface area contributed by atoms with Gasteiger partial charge in [0, 0.05) is 28.0 Å². The molecule has 0 fully saturated rings. The second kappa shape index (κ2) is 12.8. The van der Waals surface area contributed by atoms with Crippen molar-refractivity contribution < 1.29 is 4.42 Å². The third-order valence-electron chi connectivity index (χ3n) is 14.9. The predicted molar refractivity (Wildman–Crippen MR) is 253 cm³/mol. The van der Waals surface area contributed by atoms with E-state index in [1.165, 1.54) is 108 Å². The van der Waals surface area contributed by atoms with Crippen molar-refractivity contribution in [2.45, 2.75) is 129 Å². The summed E-state index contributed by atoms with van der Waals surface area (Å²) in [5.74, 6) is -0.0671. The molecule has 60 heavy (non-hydrogen) atoms. The zero-order valence-electron chi connectivity index (χ0n) is 37.9. The summed E-state index contributed by atoms with van der Waals surface area (Å²) in [6, 6.07) is 44.6. The van der Waals surface area contributed by atoms with E-state index in [1.54, 1.807) is 0 Å². The van der Waals surface area contributed by atoms with E-state index < -0.39 is 0 Å². The van der Waals surface area contributed by atoms with Crippen LogP contribution in [0.25, 0.3) is 22.1 Å². The second-order valence-electron chi connectivity index (χ2n) is 21.9. The van der Waals surface area contributed by atoms with Crippen LogP contribution in [0.4, 0.5) is 17.1 Å². The molecule has 6 aromatic carbocycles. The monoisotopic (exact) mass is 787 g/mol. The molecule has 2 heterocycles. The summed E-state index contributed by atoms with van der Waals surface area (Å²) in [6.07, 6.45) is 4.41. The molecule has 3 aliphatic rings. The van der Waals surface area contributed by atoms with Gasteiger partial charge in [-0.2, -0.15) is 0 Å². The van der Waals surface area contributed by atoms with Crippen LogP contribution in [0.1, 0.15) is 156 Å². The van der Waals surface area contributed by atoms with E-state index in [9.17, 15) is 0 Å². The van der Waals surface area contributed by atoms with E-state index in [1.807, 2.05) is 6.26 Å². The quantitative estimate of drug-likeness (QED) is 0.177. The van der Waals surface area contributed by atoms with Crippen molar-refractivity contribution in [3.8, 4) is 11.1 Å². The Hall–Kier alpha value is -5.34. The van der Waals surface area contributed by atoms with Crippen LogP contribution >= 0.6 is 0 Å². The normalized spacial score (nSPS) is 19.1. The summed E-state index contributed by atoms with van der Waals surface area (Å²) in [7, 11) is 0. The Labute approximate surface area is 358 Å². The maximum Gasteiger partial charge on any atom is 0.134 e. The zero-order chi connectivity index (χ0) is 42.3. The van der Waals surface area contributed by atoms with Gasteiger partial charge in [0.25, 0.3) is 0 Å². The number of rotatable bonds is 4. The fraction of sp³-hybridized carbons (Fsp3) is 0.345. The van der Waals surface area contributed by atoms with Crippen LogP contribution in [0.2, 0.25) is 0 Å². The van der Waals surface area contributed by atoms with Gasteiger partial charge in [-0.05, 0) is 145 Å². The van der Waals surface area contributed by atoms with E-state index in [-0.39, 0.29) is 33.0 Å². The van der Waals surface area contributed by atoms with E-state index in [2.05, 4.69) is 203 Å². The number of fused-ring (bicyclic) bond motifs is 7. The SMILES string of the molecule is Cc1cc(C(c2cc(C(C)(C)C)cc(C(C)(C)C)c2)c2coc3ccccc23)cc2c1C1(C)c3ccccc3-c3cccc(c31)N2c1ccc2c(c1)C(C)(C)CCC2(C)C. The Kier molecular flexibility index (Phi) is 8.31. The molecule has 2 atom stereocenters. The summed E-state index contributed by atoms with van der Waals surface area (Å²) in [5.41, 5.74) is 22.2. The highest BCUT2D eigenvalue weighted by molar-refractivity contribution is 5.98. The number of para-hydroxylation sites is 1. The van der Waals surface area contributed by atoms with Gasteiger partial charge in [-0.25, -0.2) is 0 Å². The number of nitrogens with zero attached hydrogens (tertiary/aromatic N) is 1. The van der Waals surface area contributed by atoms with Crippen LogP contribution in [-0.2, 0) is 27.1 Å². The number of anilines is 3. The number of hydrogen-bond acceptors (Lipinski definition) is 2. The Morgan fingerprint density at radius 2 is 1.20 bits per heavy atom. The first kappa shape index (κ1) is 38.8. The molecule has 2 nitrogen and oxygen atoms in total. The molecule has 1 aromatic heterocycles. The summed E-state index contributed by atoms with van der Waals surface area (Å²) in [6.45, 7) is 28.7.